The maximum atomic E-state index is 4.96. The fraction of sp³-hybridized carbons (Fsp3) is 0.200. The molecule has 0 bridgehead atoms. The molecule has 0 aliphatic rings. The summed E-state index contributed by atoms with van der Waals surface area (Å²) in [6.07, 6.45) is 1.51. The van der Waals surface area contributed by atoms with Crippen molar-refractivity contribution in [2.75, 3.05) is 7.11 Å². The van der Waals surface area contributed by atoms with Gasteiger partial charge in [0.1, 0.15) is 6.10 Å². The molecule has 0 heterocycles. The summed E-state index contributed by atoms with van der Waals surface area (Å²) in [7, 11) is 1.49. The van der Waals surface area contributed by atoms with E-state index in [-0.39, 0.29) is 6.10 Å². The molecule has 0 saturated heterocycles. The van der Waals surface area contributed by atoms with Crippen LogP contribution in [-0.4, -0.2) is 7.11 Å². The molecule has 0 radical (unpaired) electrons. The third kappa shape index (κ3) is 2.19. The van der Waals surface area contributed by atoms with Gasteiger partial charge in [0.05, 0.1) is 7.11 Å². The van der Waals surface area contributed by atoms with E-state index in [0.717, 1.165) is 5.56 Å². The molecular weight excluding hydrogens is 152 g/mol. The molecule has 1 rings (SSSR count). The van der Waals surface area contributed by atoms with E-state index in [1.54, 1.807) is 6.08 Å². The number of rotatable bonds is 4. The van der Waals surface area contributed by atoms with Gasteiger partial charge in [-0.25, -0.2) is 9.78 Å². The van der Waals surface area contributed by atoms with E-state index >= 15 is 0 Å². The molecule has 0 aromatic heterocycles. The van der Waals surface area contributed by atoms with E-state index in [0.29, 0.717) is 0 Å². The van der Waals surface area contributed by atoms with Crippen LogP contribution < -0.4 is 0 Å². The van der Waals surface area contributed by atoms with Gasteiger partial charge in [-0.2, -0.15) is 0 Å². The lowest BCUT2D eigenvalue weighted by atomic mass is 10.1. The Balaban J connectivity index is 2.73. The van der Waals surface area contributed by atoms with Crippen molar-refractivity contribution in [1.29, 1.82) is 0 Å². The lowest BCUT2D eigenvalue weighted by Gasteiger charge is -2.10. The Morgan fingerprint density at radius 1 is 1.33 bits per heavy atom. The maximum Gasteiger partial charge on any atom is 0.136 e. The van der Waals surface area contributed by atoms with Gasteiger partial charge in [0.2, 0.25) is 0 Å². The molecule has 1 atom stereocenters. The first-order chi connectivity index (χ1) is 5.88. The smallest absolute Gasteiger partial charge is 0.136 e. The second kappa shape index (κ2) is 4.70. The lowest BCUT2D eigenvalue weighted by Crippen LogP contribution is -1.99. The molecule has 0 N–H and O–H groups in total. The third-order valence-corrected chi connectivity index (χ3v) is 1.54. The average molecular weight is 164 g/mol. The second-order valence-corrected chi connectivity index (χ2v) is 2.33. The predicted molar refractivity (Wildman–Crippen MR) is 47.5 cm³/mol. The van der Waals surface area contributed by atoms with Crippen LogP contribution in [0.5, 0.6) is 0 Å². The van der Waals surface area contributed by atoms with Crippen molar-refractivity contribution in [2.24, 2.45) is 0 Å². The van der Waals surface area contributed by atoms with Crippen LogP contribution in [0.1, 0.15) is 11.7 Å². The van der Waals surface area contributed by atoms with E-state index in [1.807, 2.05) is 30.3 Å². The van der Waals surface area contributed by atoms with E-state index in [2.05, 4.69) is 11.5 Å². The molecular formula is C10H12O2. The van der Waals surface area contributed by atoms with E-state index in [4.69, 9.17) is 4.89 Å². The molecule has 0 fully saturated rings. The van der Waals surface area contributed by atoms with Gasteiger partial charge in [0.15, 0.2) is 0 Å². The van der Waals surface area contributed by atoms with Crippen molar-refractivity contribution < 1.29 is 9.78 Å². The van der Waals surface area contributed by atoms with Gasteiger partial charge >= 0.3 is 0 Å². The Kier molecular flexibility index (Phi) is 3.51. The highest BCUT2D eigenvalue weighted by Crippen LogP contribution is 2.17. The van der Waals surface area contributed by atoms with Crippen LogP contribution in [0, 0.1) is 0 Å². The highest BCUT2D eigenvalue weighted by molar-refractivity contribution is 5.20. The van der Waals surface area contributed by atoms with Gasteiger partial charge < -0.3 is 0 Å². The lowest BCUT2D eigenvalue weighted by molar-refractivity contribution is -0.296. The topological polar surface area (TPSA) is 18.5 Å². The SMILES string of the molecule is C=CC(OOC)c1ccccc1. The van der Waals surface area contributed by atoms with Crippen LogP contribution in [0.2, 0.25) is 0 Å². The summed E-state index contributed by atoms with van der Waals surface area (Å²) in [4.78, 5) is 9.54. The fourth-order valence-corrected chi connectivity index (χ4v) is 0.977. The molecule has 1 aromatic carbocycles. The van der Waals surface area contributed by atoms with Crippen molar-refractivity contribution in [3.63, 3.8) is 0 Å². The van der Waals surface area contributed by atoms with Crippen LogP contribution >= 0.6 is 0 Å². The average Bonchev–Trinajstić information content (AvgIpc) is 2.15. The molecule has 0 aliphatic heterocycles. The van der Waals surface area contributed by atoms with Gasteiger partial charge in [-0.1, -0.05) is 36.4 Å². The van der Waals surface area contributed by atoms with Gasteiger partial charge in [0.25, 0.3) is 0 Å². The highest BCUT2D eigenvalue weighted by Gasteiger charge is 2.06. The summed E-state index contributed by atoms with van der Waals surface area (Å²) in [5.74, 6) is 0. The summed E-state index contributed by atoms with van der Waals surface area (Å²) in [5, 5.41) is 0. The summed E-state index contributed by atoms with van der Waals surface area (Å²) in [5.41, 5.74) is 1.04. The van der Waals surface area contributed by atoms with Gasteiger partial charge in [-0.05, 0) is 5.56 Å². The fourth-order valence-electron chi connectivity index (χ4n) is 0.977. The first-order valence-corrected chi connectivity index (χ1v) is 3.75. The van der Waals surface area contributed by atoms with Crippen LogP contribution in [0.15, 0.2) is 43.0 Å². The maximum absolute atomic E-state index is 4.96. The van der Waals surface area contributed by atoms with Gasteiger partial charge in [-0.3, -0.25) is 0 Å². The van der Waals surface area contributed by atoms with Crippen LogP contribution in [0.25, 0.3) is 0 Å². The number of hydrogen-bond donors (Lipinski definition) is 0. The van der Waals surface area contributed by atoms with E-state index in [1.165, 1.54) is 7.11 Å². The minimum atomic E-state index is -0.184. The molecule has 64 valence electrons. The van der Waals surface area contributed by atoms with Crippen LogP contribution in [-0.2, 0) is 9.78 Å². The van der Waals surface area contributed by atoms with E-state index in [9.17, 15) is 0 Å². The molecule has 2 nitrogen and oxygen atoms in total. The van der Waals surface area contributed by atoms with Crippen LogP contribution in [0.3, 0.4) is 0 Å². The third-order valence-electron chi connectivity index (χ3n) is 1.54. The molecule has 0 spiro atoms. The molecule has 1 unspecified atom stereocenters. The molecule has 2 heteroatoms. The summed E-state index contributed by atoms with van der Waals surface area (Å²) < 4.78 is 0. The zero-order valence-electron chi connectivity index (χ0n) is 7.07. The predicted octanol–water partition coefficient (Wildman–Crippen LogP) is 2.49. The Hall–Kier alpha value is -1.12. The normalized spacial score (nSPS) is 12.4. The largest absolute Gasteiger partial charge is 0.239 e. The summed E-state index contributed by atoms with van der Waals surface area (Å²) in [6, 6.07) is 9.78. The van der Waals surface area contributed by atoms with Crippen molar-refractivity contribution in [3.8, 4) is 0 Å². The van der Waals surface area contributed by atoms with Crippen molar-refractivity contribution in [2.45, 2.75) is 6.10 Å². The standard InChI is InChI=1S/C10H12O2/c1-3-10(12-11-2)9-7-5-4-6-8-9/h3-8,10H,1H2,2H3. The minimum Gasteiger partial charge on any atom is -0.239 e. The van der Waals surface area contributed by atoms with Crippen molar-refractivity contribution in [3.05, 3.63) is 48.6 Å². The van der Waals surface area contributed by atoms with Crippen molar-refractivity contribution in [1.82, 2.24) is 0 Å². The number of benzene rings is 1. The van der Waals surface area contributed by atoms with Gasteiger partial charge in [0, 0.05) is 0 Å². The Morgan fingerprint density at radius 2 is 2.00 bits per heavy atom. The first kappa shape index (κ1) is 8.97. The first-order valence-electron chi connectivity index (χ1n) is 3.75. The molecule has 0 aliphatic carbocycles. The molecule has 12 heavy (non-hydrogen) atoms. The Bertz CT molecular complexity index is 231. The van der Waals surface area contributed by atoms with Crippen molar-refractivity contribution >= 4 is 0 Å². The monoisotopic (exact) mass is 164 g/mol. The Labute approximate surface area is 72.4 Å². The molecule has 0 saturated carbocycles. The zero-order chi connectivity index (χ0) is 8.81. The minimum absolute atomic E-state index is 0.184. The second-order valence-electron chi connectivity index (χ2n) is 2.33. The molecule has 0 amide bonds. The highest BCUT2D eigenvalue weighted by atomic mass is 17.2. The summed E-state index contributed by atoms with van der Waals surface area (Å²) >= 11 is 0. The molecule has 1 aromatic rings. The van der Waals surface area contributed by atoms with Crippen LogP contribution in [0.4, 0.5) is 0 Å². The van der Waals surface area contributed by atoms with Gasteiger partial charge in [-0.15, -0.1) is 6.58 Å². The quantitative estimate of drug-likeness (QED) is 0.386. The summed E-state index contributed by atoms with van der Waals surface area (Å²) in [6.45, 7) is 3.65. The zero-order valence-corrected chi connectivity index (χ0v) is 7.07. The number of hydrogen-bond acceptors (Lipinski definition) is 2. The van der Waals surface area contributed by atoms with E-state index < -0.39 is 0 Å². The Morgan fingerprint density at radius 3 is 2.50 bits per heavy atom.